The molecule has 0 radical (unpaired) electrons. The average Bonchev–Trinajstić information content (AvgIpc) is 3.21. The lowest BCUT2D eigenvalue weighted by Gasteiger charge is -2.23. The van der Waals surface area contributed by atoms with Gasteiger partial charge in [0.1, 0.15) is 5.75 Å². The van der Waals surface area contributed by atoms with Crippen molar-refractivity contribution in [2.45, 2.75) is 19.0 Å². The summed E-state index contributed by atoms with van der Waals surface area (Å²) in [4.78, 5) is 14.5. The monoisotopic (exact) mass is 501 g/mol. The number of hydrogen-bond acceptors (Lipinski definition) is 4. The first-order valence-electron chi connectivity index (χ1n) is 9.11. The van der Waals surface area contributed by atoms with Gasteiger partial charge in [0.2, 0.25) is 0 Å². The molecule has 160 valence electrons. The average molecular weight is 502 g/mol. The molecule has 1 heterocycles. The lowest BCUT2D eigenvalue weighted by Crippen LogP contribution is -2.34. The summed E-state index contributed by atoms with van der Waals surface area (Å²) < 4.78 is 45.3. The number of hydrogen-bond donors (Lipinski definition) is 2. The van der Waals surface area contributed by atoms with Gasteiger partial charge < -0.3 is 15.0 Å². The molecule has 0 aliphatic carbocycles. The number of carbonyl (C=O) groups is 1. The zero-order valence-electron chi connectivity index (χ0n) is 16.0. The predicted octanol–water partition coefficient (Wildman–Crippen LogP) is 5.20. The van der Waals surface area contributed by atoms with E-state index in [1.54, 1.807) is 18.2 Å². The molecule has 0 bridgehead atoms. The van der Waals surface area contributed by atoms with Crippen LogP contribution in [0.25, 0.3) is 0 Å². The van der Waals surface area contributed by atoms with E-state index in [2.05, 4.69) is 26.6 Å². The molecule has 0 aromatic heterocycles. The van der Waals surface area contributed by atoms with E-state index in [0.29, 0.717) is 21.5 Å². The summed E-state index contributed by atoms with van der Waals surface area (Å²) in [6.45, 7) is 1.50. The van der Waals surface area contributed by atoms with Gasteiger partial charge in [0.05, 0.1) is 28.5 Å². The molecule has 1 saturated heterocycles. The third kappa shape index (κ3) is 5.23. The summed E-state index contributed by atoms with van der Waals surface area (Å²) in [6, 6.07) is 8.23. The summed E-state index contributed by atoms with van der Waals surface area (Å²) in [6.07, 6.45) is -2.55. The van der Waals surface area contributed by atoms with E-state index in [-0.39, 0.29) is 10.8 Å². The van der Waals surface area contributed by atoms with Gasteiger partial charge in [-0.15, -0.1) is 0 Å². The van der Waals surface area contributed by atoms with Crippen LogP contribution in [0.15, 0.2) is 40.9 Å². The van der Waals surface area contributed by atoms with Gasteiger partial charge in [0.25, 0.3) is 5.91 Å². The summed E-state index contributed by atoms with van der Waals surface area (Å²) in [5.74, 6) is 0.0667. The largest absolute Gasteiger partial charge is 0.496 e. The normalized spacial score (nSPS) is 13.8. The number of alkyl halides is 3. The zero-order chi connectivity index (χ0) is 21.9. The first-order chi connectivity index (χ1) is 14.2. The van der Waals surface area contributed by atoms with E-state index < -0.39 is 17.6 Å². The van der Waals surface area contributed by atoms with Gasteiger partial charge in [-0.25, -0.2) is 0 Å². The molecule has 0 spiro atoms. The number of carbonyl (C=O) groups excluding carboxylic acids is 1. The van der Waals surface area contributed by atoms with Crippen LogP contribution in [-0.2, 0) is 6.18 Å². The van der Waals surface area contributed by atoms with Crippen LogP contribution in [-0.4, -0.2) is 31.2 Å². The Balaban J connectivity index is 1.79. The summed E-state index contributed by atoms with van der Waals surface area (Å²) in [5.41, 5.74) is 0.342. The maximum absolute atomic E-state index is 13.2. The Morgan fingerprint density at radius 3 is 2.47 bits per heavy atom. The fourth-order valence-corrected chi connectivity index (χ4v) is 3.93. The van der Waals surface area contributed by atoms with Crippen LogP contribution < -0.4 is 20.3 Å². The number of benzene rings is 2. The molecule has 2 aromatic carbocycles. The number of nitrogens with one attached hydrogen (secondary N) is 2. The highest BCUT2D eigenvalue weighted by atomic mass is 79.9. The standard InChI is InChI=1S/C20H19BrF3N3O2S/c1-29-17-7-4-12(10-14(17)21)18(28)26-19(30)25-15-11-13(20(22,23)24)5-6-16(15)27-8-2-3-9-27/h4-7,10-11H,2-3,8-9H2,1H3,(H2,25,26,28,30). The highest BCUT2D eigenvalue weighted by Gasteiger charge is 2.32. The molecule has 0 saturated carbocycles. The van der Waals surface area contributed by atoms with E-state index in [1.807, 2.05) is 4.90 Å². The maximum Gasteiger partial charge on any atom is 0.416 e. The predicted molar refractivity (Wildman–Crippen MR) is 117 cm³/mol. The van der Waals surface area contributed by atoms with Gasteiger partial charge in [0, 0.05) is 18.7 Å². The van der Waals surface area contributed by atoms with E-state index in [9.17, 15) is 18.0 Å². The second-order valence-corrected chi connectivity index (χ2v) is 7.94. The van der Waals surface area contributed by atoms with E-state index in [4.69, 9.17) is 17.0 Å². The molecule has 5 nitrogen and oxygen atoms in total. The molecule has 0 unspecified atom stereocenters. The van der Waals surface area contributed by atoms with Crippen molar-refractivity contribution in [3.8, 4) is 5.75 Å². The summed E-state index contributed by atoms with van der Waals surface area (Å²) in [7, 11) is 1.51. The third-order valence-corrected chi connectivity index (χ3v) is 5.48. The zero-order valence-corrected chi connectivity index (χ0v) is 18.4. The molecule has 1 amide bonds. The van der Waals surface area contributed by atoms with Crippen molar-refractivity contribution in [3.63, 3.8) is 0 Å². The minimum atomic E-state index is -4.49. The number of rotatable bonds is 4. The van der Waals surface area contributed by atoms with Crippen LogP contribution in [0.5, 0.6) is 5.75 Å². The highest BCUT2D eigenvalue weighted by Crippen LogP contribution is 2.36. The van der Waals surface area contributed by atoms with Gasteiger partial charge in [-0.2, -0.15) is 13.2 Å². The van der Waals surface area contributed by atoms with Gasteiger partial charge in [-0.1, -0.05) is 0 Å². The Kier molecular flexibility index (Phi) is 6.87. The molecular formula is C20H19BrF3N3O2S. The van der Waals surface area contributed by atoms with Crippen molar-refractivity contribution >= 4 is 50.5 Å². The highest BCUT2D eigenvalue weighted by molar-refractivity contribution is 9.10. The van der Waals surface area contributed by atoms with Crippen LogP contribution in [0.3, 0.4) is 0 Å². The smallest absolute Gasteiger partial charge is 0.416 e. The lowest BCUT2D eigenvalue weighted by molar-refractivity contribution is -0.137. The van der Waals surface area contributed by atoms with Crippen molar-refractivity contribution < 1.29 is 22.7 Å². The Morgan fingerprint density at radius 1 is 1.17 bits per heavy atom. The molecular weight excluding hydrogens is 483 g/mol. The van der Waals surface area contributed by atoms with Crippen molar-refractivity contribution in [1.29, 1.82) is 0 Å². The molecule has 1 aliphatic rings. The SMILES string of the molecule is COc1ccc(C(=O)NC(=S)Nc2cc(C(F)(F)F)ccc2N2CCCC2)cc1Br. The molecule has 0 atom stereocenters. The van der Waals surface area contributed by atoms with Crippen LogP contribution in [0.1, 0.15) is 28.8 Å². The topological polar surface area (TPSA) is 53.6 Å². The molecule has 2 N–H and O–H groups in total. The van der Waals surface area contributed by atoms with Crippen molar-refractivity contribution in [2.24, 2.45) is 0 Å². The van der Waals surface area contributed by atoms with Gasteiger partial charge in [0.15, 0.2) is 5.11 Å². The summed E-state index contributed by atoms with van der Waals surface area (Å²) in [5, 5.41) is 5.17. The number of nitrogens with zero attached hydrogens (tertiary/aromatic N) is 1. The Hall–Kier alpha value is -2.33. The van der Waals surface area contributed by atoms with Gasteiger partial charge >= 0.3 is 6.18 Å². The van der Waals surface area contributed by atoms with Crippen molar-refractivity contribution in [1.82, 2.24) is 5.32 Å². The quantitative estimate of drug-likeness (QED) is 0.563. The molecule has 10 heteroatoms. The number of amides is 1. The molecule has 30 heavy (non-hydrogen) atoms. The van der Waals surface area contributed by atoms with Crippen LogP contribution in [0.4, 0.5) is 24.5 Å². The number of ether oxygens (including phenoxy) is 1. The Bertz CT molecular complexity index is 963. The maximum atomic E-state index is 13.2. The molecule has 1 aliphatic heterocycles. The minimum Gasteiger partial charge on any atom is -0.496 e. The van der Waals surface area contributed by atoms with Crippen LogP contribution in [0, 0.1) is 0 Å². The van der Waals surface area contributed by atoms with Gasteiger partial charge in [-0.05, 0) is 77.4 Å². The molecule has 3 rings (SSSR count). The Labute approximate surface area is 185 Å². The Morgan fingerprint density at radius 2 is 1.87 bits per heavy atom. The second kappa shape index (κ2) is 9.22. The number of thiocarbonyl (C=S) groups is 1. The van der Waals surface area contributed by atoms with E-state index >= 15 is 0 Å². The molecule has 1 fully saturated rings. The van der Waals surface area contributed by atoms with E-state index in [0.717, 1.165) is 38.1 Å². The number of anilines is 2. The third-order valence-electron chi connectivity index (χ3n) is 4.66. The number of methoxy groups -OCH3 is 1. The fraction of sp³-hybridized carbons (Fsp3) is 0.300. The first-order valence-corrected chi connectivity index (χ1v) is 10.3. The lowest BCUT2D eigenvalue weighted by atomic mass is 10.1. The first kappa shape index (κ1) is 22.4. The van der Waals surface area contributed by atoms with Crippen LogP contribution in [0.2, 0.25) is 0 Å². The summed E-state index contributed by atoms with van der Waals surface area (Å²) >= 11 is 8.49. The second-order valence-electron chi connectivity index (χ2n) is 6.68. The minimum absolute atomic E-state index is 0.0910. The van der Waals surface area contributed by atoms with Gasteiger partial charge in [-0.3, -0.25) is 10.1 Å². The van der Waals surface area contributed by atoms with Crippen molar-refractivity contribution in [2.75, 3.05) is 30.4 Å². The fourth-order valence-electron chi connectivity index (χ4n) is 3.18. The van der Waals surface area contributed by atoms with Crippen molar-refractivity contribution in [3.05, 3.63) is 52.0 Å². The molecule has 2 aromatic rings. The number of halogens is 4. The van der Waals surface area contributed by atoms with Crippen LogP contribution >= 0.6 is 28.1 Å². The van der Waals surface area contributed by atoms with E-state index in [1.165, 1.54) is 13.2 Å².